The third kappa shape index (κ3) is 5.32. The van der Waals surface area contributed by atoms with Gasteiger partial charge in [-0.2, -0.15) is 0 Å². The second-order valence-corrected chi connectivity index (χ2v) is 14.7. The largest absolute Gasteiger partial charge is 0.539 e. The van der Waals surface area contributed by atoms with E-state index in [0.29, 0.717) is 39.9 Å². The lowest BCUT2D eigenvalue weighted by molar-refractivity contribution is -0.132. The van der Waals surface area contributed by atoms with Gasteiger partial charge in [-0.25, -0.2) is 4.79 Å². The van der Waals surface area contributed by atoms with Gasteiger partial charge in [0.2, 0.25) is 0 Å². The molecule has 0 spiro atoms. The molecule has 1 aromatic heterocycles. The summed E-state index contributed by atoms with van der Waals surface area (Å²) in [6.07, 6.45) is 1.59. The topological polar surface area (TPSA) is 87.4 Å². The Bertz CT molecular complexity index is 1250. The third-order valence-corrected chi connectivity index (χ3v) is 10.8. The van der Waals surface area contributed by atoms with Crippen molar-refractivity contribution in [2.45, 2.75) is 45.8 Å². The second kappa shape index (κ2) is 9.69. The number of carbonyl (C=O) groups is 1. The molecule has 0 unspecified atom stereocenters. The molecule has 0 saturated carbocycles. The molecule has 0 aliphatic carbocycles. The first-order valence-corrected chi connectivity index (χ1v) is 14.2. The van der Waals surface area contributed by atoms with E-state index in [0.717, 1.165) is 10.9 Å². The van der Waals surface area contributed by atoms with Crippen LogP contribution >= 0.6 is 0 Å². The molecular formula is C27H34O7Si. The number of hydrogen-bond donors (Lipinski definition) is 1. The van der Waals surface area contributed by atoms with Crippen molar-refractivity contribution in [3.8, 4) is 34.3 Å². The predicted molar refractivity (Wildman–Crippen MR) is 140 cm³/mol. The van der Waals surface area contributed by atoms with Crippen LogP contribution in [0.3, 0.4) is 0 Å². The summed E-state index contributed by atoms with van der Waals surface area (Å²) in [6.45, 7) is 12.4. The Labute approximate surface area is 207 Å². The van der Waals surface area contributed by atoms with Gasteiger partial charge < -0.3 is 28.2 Å². The van der Waals surface area contributed by atoms with Crippen molar-refractivity contribution in [3.05, 3.63) is 41.5 Å². The van der Waals surface area contributed by atoms with Gasteiger partial charge in [0, 0.05) is 16.5 Å². The van der Waals surface area contributed by atoms with Crippen LogP contribution in [-0.2, 0) is 4.79 Å². The first kappa shape index (κ1) is 26.2. The zero-order valence-electron chi connectivity index (χ0n) is 21.9. The Balaban J connectivity index is 2.14. The average molecular weight is 499 g/mol. The van der Waals surface area contributed by atoms with Crippen LogP contribution in [-0.4, -0.2) is 40.7 Å². The summed E-state index contributed by atoms with van der Waals surface area (Å²) in [5.41, 5.74) is 2.24. The molecule has 1 N–H and O–H groups in total. The third-order valence-electron chi connectivity index (χ3n) is 6.45. The van der Waals surface area contributed by atoms with E-state index in [4.69, 9.17) is 23.1 Å². The number of hydrogen-bond acceptors (Lipinski definition) is 6. The van der Waals surface area contributed by atoms with Gasteiger partial charge in [0.25, 0.3) is 8.32 Å². The second-order valence-electron chi connectivity index (χ2n) is 9.96. The molecule has 0 aliphatic rings. The van der Waals surface area contributed by atoms with Crippen molar-refractivity contribution >= 4 is 31.3 Å². The summed E-state index contributed by atoms with van der Waals surface area (Å²) < 4.78 is 29.6. The molecule has 0 fully saturated rings. The molecule has 0 saturated heterocycles. The zero-order valence-corrected chi connectivity index (χ0v) is 22.9. The van der Waals surface area contributed by atoms with Crippen LogP contribution in [0.5, 0.6) is 23.0 Å². The molecule has 1 heterocycles. The van der Waals surface area contributed by atoms with Gasteiger partial charge in [-0.3, -0.25) is 0 Å². The molecule has 0 amide bonds. The van der Waals surface area contributed by atoms with Gasteiger partial charge in [-0.05, 0) is 67.0 Å². The number of fused-ring (bicyclic) bond motifs is 1. The molecule has 188 valence electrons. The molecule has 35 heavy (non-hydrogen) atoms. The highest BCUT2D eigenvalue weighted by Gasteiger charge is 2.40. The molecule has 8 heteroatoms. The summed E-state index contributed by atoms with van der Waals surface area (Å²) in [4.78, 5) is 11.3. The minimum Gasteiger partial charge on any atom is -0.539 e. The molecule has 0 bridgehead atoms. The van der Waals surface area contributed by atoms with Crippen LogP contribution in [0.2, 0.25) is 18.1 Å². The highest BCUT2D eigenvalue weighted by molar-refractivity contribution is 6.74. The SMILES string of the molecule is COc1cc(-c2cc3cc(C=C(C)C(=O)O)cc(OC)c3o2)cc(OC)c1O[Si](C)(C)C(C)(C)C. The summed E-state index contributed by atoms with van der Waals surface area (Å²) in [7, 11) is 2.60. The molecule has 0 atom stereocenters. The maximum Gasteiger partial charge on any atom is 0.331 e. The van der Waals surface area contributed by atoms with E-state index in [1.807, 2.05) is 24.3 Å². The first-order valence-electron chi connectivity index (χ1n) is 11.3. The standard InChI is InChI=1S/C27H34O7Si/c1-16(26(28)29)10-17-11-19-15-20(33-24(19)21(12-17)30-5)18-13-22(31-6)25(23(14-18)32-7)34-35(8,9)27(2,3)4/h10-15H,1-9H3,(H,28,29). The van der Waals surface area contributed by atoms with Crippen molar-refractivity contribution in [3.63, 3.8) is 0 Å². The number of ether oxygens (including phenoxy) is 3. The monoisotopic (exact) mass is 498 g/mol. The van der Waals surface area contributed by atoms with Crippen molar-refractivity contribution in [1.29, 1.82) is 0 Å². The van der Waals surface area contributed by atoms with Crippen molar-refractivity contribution < 1.29 is 33.0 Å². The summed E-state index contributed by atoms with van der Waals surface area (Å²) >= 11 is 0. The fraction of sp³-hybridized carbons (Fsp3) is 0.370. The summed E-state index contributed by atoms with van der Waals surface area (Å²) in [6, 6.07) is 9.23. The van der Waals surface area contributed by atoms with Gasteiger partial charge in [0.1, 0.15) is 5.76 Å². The van der Waals surface area contributed by atoms with Crippen molar-refractivity contribution in [1.82, 2.24) is 0 Å². The summed E-state index contributed by atoms with van der Waals surface area (Å²) in [5, 5.41) is 10.0. The number of aliphatic carboxylic acids is 1. The number of methoxy groups -OCH3 is 3. The van der Waals surface area contributed by atoms with Gasteiger partial charge in [0.05, 0.1) is 21.3 Å². The molecule has 0 radical (unpaired) electrons. The summed E-state index contributed by atoms with van der Waals surface area (Å²) in [5.74, 6) is 1.81. The van der Waals surface area contributed by atoms with Crippen LogP contribution in [0.1, 0.15) is 33.3 Å². The minimum atomic E-state index is -2.15. The van der Waals surface area contributed by atoms with Gasteiger partial charge in [-0.15, -0.1) is 0 Å². The smallest absolute Gasteiger partial charge is 0.331 e. The van der Waals surface area contributed by atoms with Gasteiger partial charge in [0.15, 0.2) is 28.6 Å². The minimum absolute atomic E-state index is 0.00211. The number of carboxylic acids is 1. The Hall–Kier alpha value is -3.39. The lowest BCUT2D eigenvalue weighted by atomic mass is 10.1. The predicted octanol–water partition coefficient (Wildman–Crippen LogP) is 7.00. The van der Waals surface area contributed by atoms with Crippen LogP contribution in [0, 0.1) is 0 Å². The molecule has 7 nitrogen and oxygen atoms in total. The maximum atomic E-state index is 11.3. The molecule has 3 aromatic rings. The lowest BCUT2D eigenvalue weighted by Gasteiger charge is -2.37. The van der Waals surface area contributed by atoms with Gasteiger partial charge >= 0.3 is 5.97 Å². The Morgan fingerprint density at radius 3 is 2.00 bits per heavy atom. The molecule has 2 aromatic carbocycles. The van der Waals surface area contributed by atoms with E-state index >= 15 is 0 Å². The zero-order chi connectivity index (χ0) is 26.1. The van der Waals surface area contributed by atoms with E-state index in [1.54, 1.807) is 40.4 Å². The van der Waals surface area contributed by atoms with E-state index in [9.17, 15) is 9.90 Å². The van der Waals surface area contributed by atoms with Crippen LogP contribution < -0.4 is 18.6 Å². The van der Waals surface area contributed by atoms with Crippen LogP contribution in [0.4, 0.5) is 0 Å². The number of carboxylic acid groups (broad SMARTS) is 1. The molecular weight excluding hydrogens is 464 g/mol. The molecule has 3 rings (SSSR count). The maximum absolute atomic E-state index is 11.3. The van der Waals surface area contributed by atoms with Crippen LogP contribution in [0.25, 0.3) is 28.4 Å². The van der Waals surface area contributed by atoms with Gasteiger partial charge in [-0.1, -0.05) is 20.8 Å². The highest BCUT2D eigenvalue weighted by Crippen LogP contribution is 2.47. The lowest BCUT2D eigenvalue weighted by Crippen LogP contribution is -2.44. The molecule has 0 aliphatic heterocycles. The Kier molecular flexibility index (Phi) is 7.26. The van der Waals surface area contributed by atoms with E-state index in [-0.39, 0.29) is 10.6 Å². The fourth-order valence-corrected chi connectivity index (χ4v) is 4.38. The van der Waals surface area contributed by atoms with E-state index < -0.39 is 14.3 Å². The van der Waals surface area contributed by atoms with Crippen molar-refractivity contribution in [2.75, 3.05) is 21.3 Å². The Morgan fingerprint density at radius 2 is 1.51 bits per heavy atom. The normalized spacial score (nSPS) is 12.5. The fourth-order valence-electron chi connectivity index (χ4n) is 3.36. The number of benzene rings is 2. The average Bonchev–Trinajstić information content (AvgIpc) is 3.21. The highest BCUT2D eigenvalue weighted by atomic mass is 28.4. The first-order chi connectivity index (χ1) is 16.3. The van der Waals surface area contributed by atoms with Crippen molar-refractivity contribution in [2.24, 2.45) is 0 Å². The Morgan fingerprint density at radius 1 is 0.943 bits per heavy atom. The van der Waals surface area contributed by atoms with E-state index in [2.05, 4.69) is 33.9 Å². The quantitative estimate of drug-likeness (QED) is 0.264. The van der Waals surface area contributed by atoms with E-state index in [1.165, 1.54) is 0 Å². The number of rotatable bonds is 8. The van der Waals surface area contributed by atoms with Crippen LogP contribution in [0.15, 0.2) is 40.3 Å². The number of furan rings is 1.